The van der Waals surface area contributed by atoms with Crippen LogP contribution in [0, 0.1) is 13.8 Å². The van der Waals surface area contributed by atoms with E-state index in [4.69, 9.17) is 0 Å². The number of hydrogen-bond acceptors (Lipinski definition) is 3. The van der Waals surface area contributed by atoms with Gasteiger partial charge in [0.15, 0.2) is 0 Å². The normalized spacial score (nSPS) is 13.9. The number of fused-ring (bicyclic) bond motifs is 1. The molecule has 0 fully saturated rings. The van der Waals surface area contributed by atoms with Gasteiger partial charge in [-0.15, -0.1) is 11.8 Å². The molecule has 1 aromatic heterocycles. The first-order chi connectivity index (χ1) is 10.6. The number of thioether (sulfide) groups is 1. The number of aryl methyl sites for hydroxylation is 2. The predicted octanol–water partition coefficient (Wildman–Crippen LogP) is 3.62. The summed E-state index contributed by atoms with van der Waals surface area (Å²) in [6, 6.07) is 8.30. The van der Waals surface area contributed by atoms with Crippen molar-refractivity contribution >= 4 is 17.7 Å². The van der Waals surface area contributed by atoms with Crippen molar-refractivity contribution < 1.29 is 4.79 Å². The van der Waals surface area contributed by atoms with Crippen LogP contribution in [0.1, 0.15) is 32.7 Å². The van der Waals surface area contributed by atoms with Crippen molar-refractivity contribution in [3.63, 3.8) is 0 Å². The summed E-state index contributed by atoms with van der Waals surface area (Å²) in [7, 11) is 0. The number of amides is 1. The first kappa shape index (κ1) is 15.1. The summed E-state index contributed by atoms with van der Waals surface area (Å²) < 4.78 is 0. The fourth-order valence-corrected chi connectivity index (χ4v) is 3.47. The third-order valence-corrected chi connectivity index (χ3v) is 5.15. The molecule has 0 radical (unpaired) electrons. The van der Waals surface area contributed by atoms with Crippen molar-refractivity contribution in [2.75, 3.05) is 12.8 Å². The Balaban J connectivity index is 1.87. The predicted molar refractivity (Wildman–Crippen MR) is 90.4 cm³/mol. The van der Waals surface area contributed by atoms with Gasteiger partial charge in [0.25, 0.3) is 5.91 Å². The molecule has 3 nitrogen and oxygen atoms in total. The smallest absolute Gasteiger partial charge is 0.272 e. The SMILES string of the molecule is CSc1cccc2c1CN(C(=O)c1cc(C)c(C)cn1)CC2. The summed E-state index contributed by atoms with van der Waals surface area (Å²) in [6.07, 6.45) is 4.79. The van der Waals surface area contributed by atoms with Gasteiger partial charge in [0.1, 0.15) is 5.69 Å². The minimum Gasteiger partial charge on any atom is -0.333 e. The van der Waals surface area contributed by atoms with Gasteiger partial charge in [-0.25, -0.2) is 0 Å². The van der Waals surface area contributed by atoms with Gasteiger partial charge in [0.05, 0.1) is 0 Å². The molecular formula is C18H20N2OS. The van der Waals surface area contributed by atoms with Crippen molar-refractivity contribution in [1.82, 2.24) is 9.88 Å². The van der Waals surface area contributed by atoms with Crippen LogP contribution in [-0.4, -0.2) is 28.6 Å². The van der Waals surface area contributed by atoms with Gasteiger partial charge in [-0.2, -0.15) is 0 Å². The summed E-state index contributed by atoms with van der Waals surface area (Å²) in [5.41, 5.74) is 5.43. The fourth-order valence-electron chi connectivity index (χ4n) is 2.82. The lowest BCUT2D eigenvalue weighted by Crippen LogP contribution is -2.36. The van der Waals surface area contributed by atoms with Crippen molar-refractivity contribution in [3.05, 3.63) is 58.4 Å². The zero-order valence-corrected chi connectivity index (χ0v) is 14.0. The number of carbonyl (C=O) groups is 1. The molecular weight excluding hydrogens is 292 g/mol. The van der Waals surface area contributed by atoms with Gasteiger partial charge in [-0.3, -0.25) is 9.78 Å². The van der Waals surface area contributed by atoms with Crippen LogP contribution >= 0.6 is 11.8 Å². The number of carbonyl (C=O) groups excluding carboxylic acids is 1. The van der Waals surface area contributed by atoms with E-state index in [9.17, 15) is 4.79 Å². The number of hydrogen-bond donors (Lipinski definition) is 0. The molecule has 4 heteroatoms. The van der Waals surface area contributed by atoms with Crippen molar-refractivity contribution in [3.8, 4) is 0 Å². The highest BCUT2D eigenvalue weighted by Gasteiger charge is 2.24. The van der Waals surface area contributed by atoms with E-state index < -0.39 is 0 Å². The molecule has 114 valence electrons. The maximum absolute atomic E-state index is 12.7. The minimum absolute atomic E-state index is 0.0321. The van der Waals surface area contributed by atoms with Crippen LogP contribution in [-0.2, 0) is 13.0 Å². The summed E-state index contributed by atoms with van der Waals surface area (Å²) in [5.74, 6) is 0.0321. The second-order valence-electron chi connectivity index (χ2n) is 5.73. The Hall–Kier alpha value is -1.81. The summed E-state index contributed by atoms with van der Waals surface area (Å²) in [6.45, 7) is 5.47. The molecule has 1 aliphatic heterocycles. The largest absolute Gasteiger partial charge is 0.333 e. The van der Waals surface area contributed by atoms with Crippen LogP contribution in [0.3, 0.4) is 0 Å². The molecule has 2 aromatic rings. The highest BCUT2D eigenvalue weighted by atomic mass is 32.2. The molecule has 0 N–H and O–H groups in total. The summed E-state index contributed by atoms with van der Waals surface area (Å²) in [5, 5.41) is 0. The third-order valence-electron chi connectivity index (χ3n) is 4.33. The summed E-state index contributed by atoms with van der Waals surface area (Å²) in [4.78, 5) is 20.2. The molecule has 0 aliphatic carbocycles. The monoisotopic (exact) mass is 312 g/mol. The van der Waals surface area contributed by atoms with Crippen LogP contribution in [0.2, 0.25) is 0 Å². The number of aromatic nitrogens is 1. The topological polar surface area (TPSA) is 33.2 Å². The Bertz CT molecular complexity index is 713. The first-order valence-corrected chi connectivity index (χ1v) is 8.70. The molecule has 2 heterocycles. The van der Waals surface area contributed by atoms with E-state index in [0.717, 1.165) is 24.1 Å². The molecule has 0 saturated carbocycles. The molecule has 0 saturated heterocycles. The van der Waals surface area contributed by atoms with Crippen LogP contribution in [0.15, 0.2) is 35.4 Å². The number of rotatable bonds is 2. The highest BCUT2D eigenvalue weighted by Crippen LogP contribution is 2.29. The van der Waals surface area contributed by atoms with Gasteiger partial charge in [0.2, 0.25) is 0 Å². The Morgan fingerprint density at radius 3 is 2.82 bits per heavy atom. The number of benzene rings is 1. The van der Waals surface area contributed by atoms with Crippen LogP contribution in [0.25, 0.3) is 0 Å². The van der Waals surface area contributed by atoms with E-state index in [0.29, 0.717) is 12.2 Å². The van der Waals surface area contributed by atoms with Gasteiger partial charge in [0, 0.05) is 24.2 Å². The molecule has 0 atom stereocenters. The van der Waals surface area contributed by atoms with E-state index in [1.54, 1.807) is 18.0 Å². The standard InChI is InChI=1S/C18H20N2OS/c1-12-9-16(19-10-13(12)2)18(21)20-8-7-14-5-4-6-17(22-3)15(14)11-20/h4-6,9-10H,7-8,11H2,1-3H3. The van der Waals surface area contributed by atoms with Crippen LogP contribution < -0.4 is 0 Å². The molecule has 0 unspecified atom stereocenters. The quantitative estimate of drug-likeness (QED) is 0.794. The van der Waals surface area contributed by atoms with E-state index in [1.165, 1.54) is 16.0 Å². The van der Waals surface area contributed by atoms with Crippen molar-refractivity contribution in [2.45, 2.75) is 31.7 Å². The van der Waals surface area contributed by atoms with E-state index in [2.05, 4.69) is 29.4 Å². The van der Waals surface area contributed by atoms with Gasteiger partial charge in [-0.1, -0.05) is 12.1 Å². The number of pyridine rings is 1. The molecule has 1 aromatic carbocycles. The molecule has 1 aliphatic rings. The van der Waals surface area contributed by atoms with E-state index in [1.807, 2.05) is 24.8 Å². The van der Waals surface area contributed by atoms with Gasteiger partial charge >= 0.3 is 0 Å². The Morgan fingerprint density at radius 1 is 1.27 bits per heavy atom. The molecule has 3 rings (SSSR count). The summed E-state index contributed by atoms with van der Waals surface area (Å²) >= 11 is 1.74. The maximum atomic E-state index is 12.7. The van der Waals surface area contributed by atoms with E-state index >= 15 is 0 Å². The molecule has 22 heavy (non-hydrogen) atoms. The third kappa shape index (κ3) is 2.75. The average Bonchev–Trinajstić information content (AvgIpc) is 2.55. The Morgan fingerprint density at radius 2 is 2.09 bits per heavy atom. The van der Waals surface area contributed by atoms with Gasteiger partial charge < -0.3 is 4.90 Å². The Kier molecular flexibility index (Phi) is 4.21. The van der Waals surface area contributed by atoms with Crippen molar-refractivity contribution in [1.29, 1.82) is 0 Å². The maximum Gasteiger partial charge on any atom is 0.272 e. The lowest BCUT2D eigenvalue weighted by atomic mass is 9.99. The minimum atomic E-state index is 0.0321. The molecule has 1 amide bonds. The first-order valence-electron chi connectivity index (χ1n) is 7.47. The zero-order chi connectivity index (χ0) is 15.7. The van der Waals surface area contributed by atoms with E-state index in [-0.39, 0.29) is 5.91 Å². The van der Waals surface area contributed by atoms with Crippen molar-refractivity contribution in [2.24, 2.45) is 0 Å². The molecule has 0 spiro atoms. The lowest BCUT2D eigenvalue weighted by Gasteiger charge is -2.30. The lowest BCUT2D eigenvalue weighted by molar-refractivity contribution is 0.0727. The average molecular weight is 312 g/mol. The van der Waals surface area contributed by atoms with Crippen LogP contribution in [0.4, 0.5) is 0 Å². The number of nitrogens with zero attached hydrogens (tertiary/aromatic N) is 2. The van der Waals surface area contributed by atoms with Gasteiger partial charge in [-0.05, 0) is 60.9 Å². The zero-order valence-electron chi connectivity index (χ0n) is 13.2. The fraction of sp³-hybridized carbons (Fsp3) is 0.333. The van der Waals surface area contributed by atoms with Crippen LogP contribution in [0.5, 0.6) is 0 Å². The highest BCUT2D eigenvalue weighted by molar-refractivity contribution is 7.98. The second kappa shape index (κ2) is 6.13. The second-order valence-corrected chi connectivity index (χ2v) is 6.58. The Labute approximate surface area is 135 Å². The molecule has 0 bridgehead atoms.